The van der Waals surface area contributed by atoms with Crippen molar-refractivity contribution in [2.24, 2.45) is 0 Å². The molecule has 1 aliphatic rings. The fourth-order valence-corrected chi connectivity index (χ4v) is 2.87. The highest BCUT2D eigenvalue weighted by atomic mass is 14.9. The van der Waals surface area contributed by atoms with Crippen LogP contribution in [0, 0.1) is 0 Å². The second-order valence-corrected chi connectivity index (χ2v) is 4.57. The summed E-state index contributed by atoms with van der Waals surface area (Å²) in [7, 11) is 0. The number of aromatic amines is 1. The van der Waals surface area contributed by atoms with Crippen LogP contribution >= 0.6 is 0 Å². The van der Waals surface area contributed by atoms with E-state index in [-0.39, 0.29) is 0 Å². The van der Waals surface area contributed by atoms with Crippen molar-refractivity contribution in [1.82, 2.24) is 10.3 Å². The monoisotopic (exact) mass is 214 g/mol. The fourth-order valence-electron chi connectivity index (χ4n) is 2.87. The molecule has 1 aromatic carbocycles. The highest BCUT2D eigenvalue weighted by molar-refractivity contribution is 5.85. The molecule has 1 aromatic heterocycles. The third-order valence-electron chi connectivity index (χ3n) is 3.57. The average molecular weight is 214 g/mol. The van der Waals surface area contributed by atoms with Gasteiger partial charge in [-0.1, -0.05) is 25.1 Å². The Labute approximate surface area is 96.1 Å². The number of aryl methyl sites for hydroxylation is 1. The van der Waals surface area contributed by atoms with Gasteiger partial charge in [-0.25, -0.2) is 0 Å². The average Bonchev–Trinajstić information content (AvgIpc) is 2.69. The Morgan fingerprint density at radius 2 is 2.25 bits per heavy atom. The number of nitrogens with one attached hydrogen (secondary N) is 2. The van der Waals surface area contributed by atoms with Gasteiger partial charge >= 0.3 is 0 Å². The maximum Gasteiger partial charge on any atom is 0.0476 e. The summed E-state index contributed by atoms with van der Waals surface area (Å²) in [5.41, 5.74) is 4.25. The first-order chi connectivity index (χ1) is 7.90. The Bertz CT molecular complexity index is 498. The molecule has 0 saturated carbocycles. The second-order valence-electron chi connectivity index (χ2n) is 4.57. The minimum Gasteiger partial charge on any atom is -0.357 e. The molecule has 0 amide bonds. The maximum atomic E-state index is 3.59. The molecule has 16 heavy (non-hydrogen) atoms. The quantitative estimate of drug-likeness (QED) is 0.789. The summed E-state index contributed by atoms with van der Waals surface area (Å²) in [5, 5.41) is 4.99. The Kier molecular flexibility index (Phi) is 2.44. The summed E-state index contributed by atoms with van der Waals surface area (Å²) < 4.78 is 0. The van der Waals surface area contributed by atoms with Crippen LogP contribution in [0.15, 0.2) is 24.3 Å². The van der Waals surface area contributed by atoms with Crippen LogP contribution in [-0.2, 0) is 6.42 Å². The van der Waals surface area contributed by atoms with E-state index < -0.39 is 0 Å². The molecule has 84 valence electrons. The van der Waals surface area contributed by atoms with Gasteiger partial charge in [-0.15, -0.1) is 0 Å². The normalized spacial score (nSPS) is 19.9. The SMILES string of the molecule is CCNC1CCCc2c1[nH]c1ccccc21. The predicted octanol–water partition coefficient (Wildman–Crippen LogP) is 3.15. The van der Waals surface area contributed by atoms with Crippen molar-refractivity contribution in [3.63, 3.8) is 0 Å². The van der Waals surface area contributed by atoms with Crippen LogP contribution in [0.25, 0.3) is 10.9 Å². The first-order valence-electron chi connectivity index (χ1n) is 6.23. The van der Waals surface area contributed by atoms with Gasteiger partial charge in [-0.2, -0.15) is 0 Å². The van der Waals surface area contributed by atoms with Gasteiger partial charge in [0.2, 0.25) is 0 Å². The number of hydrogen-bond donors (Lipinski definition) is 2. The first-order valence-corrected chi connectivity index (χ1v) is 6.23. The number of rotatable bonds is 2. The van der Waals surface area contributed by atoms with Crippen molar-refractivity contribution in [3.05, 3.63) is 35.5 Å². The Balaban J connectivity index is 2.13. The molecule has 0 aliphatic heterocycles. The minimum atomic E-state index is 0.529. The van der Waals surface area contributed by atoms with Gasteiger partial charge in [0, 0.05) is 22.6 Å². The van der Waals surface area contributed by atoms with Crippen molar-refractivity contribution in [1.29, 1.82) is 0 Å². The third kappa shape index (κ3) is 1.45. The highest BCUT2D eigenvalue weighted by Crippen LogP contribution is 2.34. The van der Waals surface area contributed by atoms with Crippen LogP contribution in [0.5, 0.6) is 0 Å². The minimum absolute atomic E-state index is 0.529. The lowest BCUT2D eigenvalue weighted by Crippen LogP contribution is -2.24. The molecule has 1 heterocycles. The van der Waals surface area contributed by atoms with Gasteiger partial charge in [0.15, 0.2) is 0 Å². The number of H-pyrrole nitrogens is 1. The standard InChI is InChI=1S/C14H18N2/c1-2-15-13-9-5-7-11-10-6-3-4-8-12(10)16-14(11)13/h3-4,6,8,13,15-16H,2,5,7,9H2,1H3. The van der Waals surface area contributed by atoms with Gasteiger partial charge in [0.05, 0.1) is 0 Å². The number of aromatic nitrogens is 1. The van der Waals surface area contributed by atoms with Crippen molar-refractivity contribution >= 4 is 10.9 Å². The van der Waals surface area contributed by atoms with E-state index in [4.69, 9.17) is 0 Å². The van der Waals surface area contributed by atoms with Crippen LogP contribution in [0.2, 0.25) is 0 Å². The topological polar surface area (TPSA) is 27.8 Å². The predicted molar refractivity (Wildman–Crippen MR) is 67.7 cm³/mol. The van der Waals surface area contributed by atoms with Gasteiger partial charge in [0.25, 0.3) is 0 Å². The number of para-hydroxylation sites is 1. The van der Waals surface area contributed by atoms with Crippen molar-refractivity contribution in [2.45, 2.75) is 32.2 Å². The largest absolute Gasteiger partial charge is 0.357 e. The molecule has 1 atom stereocenters. The zero-order valence-corrected chi connectivity index (χ0v) is 9.72. The van der Waals surface area contributed by atoms with Crippen LogP contribution in [0.3, 0.4) is 0 Å². The van der Waals surface area contributed by atoms with E-state index in [1.54, 1.807) is 0 Å². The first kappa shape index (κ1) is 9.91. The fraction of sp³-hybridized carbons (Fsp3) is 0.429. The van der Waals surface area contributed by atoms with E-state index in [1.807, 2.05) is 0 Å². The smallest absolute Gasteiger partial charge is 0.0476 e. The van der Waals surface area contributed by atoms with E-state index in [0.29, 0.717) is 6.04 Å². The summed E-state index contributed by atoms with van der Waals surface area (Å²) in [6, 6.07) is 9.18. The maximum absolute atomic E-state index is 3.59. The van der Waals surface area contributed by atoms with Crippen LogP contribution in [0.1, 0.15) is 37.1 Å². The zero-order valence-electron chi connectivity index (χ0n) is 9.72. The Hall–Kier alpha value is -1.28. The Morgan fingerprint density at radius 1 is 1.38 bits per heavy atom. The molecule has 2 nitrogen and oxygen atoms in total. The molecule has 0 radical (unpaired) electrons. The van der Waals surface area contributed by atoms with Gasteiger partial charge in [-0.3, -0.25) is 0 Å². The van der Waals surface area contributed by atoms with E-state index in [0.717, 1.165) is 6.54 Å². The van der Waals surface area contributed by atoms with Gasteiger partial charge in [-0.05, 0) is 37.4 Å². The van der Waals surface area contributed by atoms with E-state index in [9.17, 15) is 0 Å². The summed E-state index contributed by atoms with van der Waals surface area (Å²) in [5.74, 6) is 0. The molecular weight excluding hydrogens is 196 g/mol. The van der Waals surface area contributed by atoms with E-state index >= 15 is 0 Å². The molecule has 1 unspecified atom stereocenters. The van der Waals surface area contributed by atoms with Crippen LogP contribution < -0.4 is 5.32 Å². The molecule has 0 spiro atoms. The second kappa shape index (κ2) is 3.95. The lowest BCUT2D eigenvalue weighted by Gasteiger charge is -2.23. The Morgan fingerprint density at radius 3 is 3.12 bits per heavy atom. The highest BCUT2D eigenvalue weighted by Gasteiger charge is 2.22. The molecule has 2 heteroatoms. The number of fused-ring (bicyclic) bond motifs is 3. The lowest BCUT2D eigenvalue weighted by molar-refractivity contribution is 0.465. The van der Waals surface area contributed by atoms with Crippen molar-refractivity contribution in [2.75, 3.05) is 6.54 Å². The lowest BCUT2D eigenvalue weighted by atomic mass is 9.92. The van der Waals surface area contributed by atoms with Crippen molar-refractivity contribution in [3.8, 4) is 0 Å². The molecule has 0 saturated heterocycles. The molecule has 2 N–H and O–H groups in total. The molecule has 0 bridgehead atoms. The molecular formula is C14H18N2. The number of hydrogen-bond acceptors (Lipinski definition) is 1. The van der Waals surface area contributed by atoms with Crippen LogP contribution in [0.4, 0.5) is 0 Å². The summed E-state index contributed by atoms with van der Waals surface area (Å²) in [4.78, 5) is 3.59. The van der Waals surface area contributed by atoms with E-state index in [1.165, 1.54) is 41.4 Å². The summed E-state index contributed by atoms with van der Waals surface area (Å²) >= 11 is 0. The summed E-state index contributed by atoms with van der Waals surface area (Å²) in [6.45, 7) is 3.22. The third-order valence-corrected chi connectivity index (χ3v) is 3.57. The molecule has 2 aromatic rings. The molecule has 0 fully saturated rings. The molecule has 3 rings (SSSR count). The number of benzene rings is 1. The van der Waals surface area contributed by atoms with Crippen molar-refractivity contribution < 1.29 is 0 Å². The van der Waals surface area contributed by atoms with Crippen LogP contribution in [-0.4, -0.2) is 11.5 Å². The molecule has 1 aliphatic carbocycles. The van der Waals surface area contributed by atoms with E-state index in [2.05, 4.69) is 41.5 Å². The van der Waals surface area contributed by atoms with Gasteiger partial charge in [0.1, 0.15) is 0 Å². The zero-order chi connectivity index (χ0) is 11.0. The summed E-state index contributed by atoms with van der Waals surface area (Å²) in [6.07, 6.45) is 3.78. The van der Waals surface area contributed by atoms with Gasteiger partial charge < -0.3 is 10.3 Å².